The number of carbonyl (C=O) groups excluding carboxylic acids is 1. The molecule has 1 atom stereocenters. The summed E-state index contributed by atoms with van der Waals surface area (Å²) in [5.41, 5.74) is 2.49. The Morgan fingerprint density at radius 1 is 0.963 bits per heavy atom. The second-order valence-electron chi connectivity index (χ2n) is 8.14. The Bertz CT molecular complexity index is 676. The van der Waals surface area contributed by atoms with Crippen molar-refractivity contribution in [1.82, 2.24) is 15.5 Å². The van der Waals surface area contributed by atoms with Gasteiger partial charge in [-0.25, -0.2) is 4.79 Å². The van der Waals surface area contributed by atoms with Crippen molar-refractivity contribution in [1.29, 1.82) is 0 Å². The van der Waals surface area contributed by atoms with Crippen LogP contribution in [0.3, 0.4) is 0 Å². The molecule has 0 aromatic heterocycles. The monoisotopic (exact) mass is 371 g/mol. The number of benzene rings is 1. The molecule has 3 fully saturated rings. The van der Waals surface area contributed by atoms with Gasteiger partial charge < -0.3 is 20.6 Å². The average molecular weight is 371 g/mol. The number of carbonyl (C=O) groups is 2. The van der Waals surface area contributed by atoms with E-state index in [1.54, 1.807) is 0 Å². The Hall–Kier alpha value is -2.08. The molecule has 1 aliphatic carbocycles. The summed E-state index contributed by atoms with van der Waals surface area (Å²) in [6.07, 6.45) is 5.45. The molecule has 146 valence electrons. The zero-order valence-corrected chi connectivity index (χ0v) is 15.7. The van der Waals surface area contributed by atoms with Crippen LogP contribution in [0.1, 0.15) is 61.6 Å². The molecule has 6 nitrogen and oxygen atoms in total. The van der Waals surface area contributed by atoms with Crippen LogP contribution in [0.5, 0.6) is 0 Å². The van der Waals surface area contributed by atoms with E-state index in [4.69, 9.17) is 5.11 Å². The van der Waals surface area contributed by atoms with Gasteiger partial charge >= 0.3 is 12.0 Å². The minimum Gasteiger partial charge on any atom is -0.481 e. The van der Waals surface area contributed by atoms with Crippen LogP contribution >= 0.6 is 0 Å². The van der Waals surface area contributed by atoms with Crippen molar-refractivity contribution in [2.45, 2.75) is 56.5 Å². The molecule has 0 bridgehead atoms. The number of hydrogen-bond acceptors (Lipinski definition) is 3. The summed E-state index contributed by atoms with van der Waals surface area (Å²) in [5, 5.41) is 15.6. The van der Waals surface area contributed by atoms with Crippen molar-refractivity contribution in [3.05, 3.63) is 35.4 Å². The molecule has 1 unspecified atom stereocenters. The van der Waals surface area contributed by atoms with Crippen LogP contribution in [0, 0.1) is 5.92 Å². The smallest absolute Gasteiger partial charge is 0.318 e. The summed E-state index contributed by atoms with van der Waals surface area (Å²) in [6.45, 7) is 2.62. The van der Waals surface area contributed by atoms with Crippen LogP contribution < -0.4 is 10.6 Å². The minimum atomic E-state index is -0.653. The van der Waals surface area contributed by atoms with Crippen LogP contribution in [-0.4, -0.2) is 47.7 Å². The predicted molar refractivity (Wildman–Crippen MR) is 103 cm³/mol. The first-order valence-electron chi connectivity index (χ1n) is 10.2. The van der Waals surface area contributed by atoms with Gasteiger partial charge in [-0.2, -0.15) is 0 Å². The number of nitrogens with zero attached hydrogens (tertiary/aromatic N) is 1. The van der Waals surface area contributed by atoms with Gasteiger partial charge in [-0.3, -0.25) is 4.79 Å². The van der Waals surface area contributed by atoms with Crippen molar-refractivity contribution in [3.63, 3.8) is 0 Å². The Labute approximate surface area is 160 Å². The molecule has 0 spiro atoms. The van der Waals surface area contributed by atoms with Gasteiger partial charge in [0.15, 0.2) is 0 Å². The number of carboxylic acid groups (broad SMARTS) is 1. The second kappa shape index (κ2) is 7.89. The number of aliphatic carboxylic acids is 1. The highest BCUT2D eigenvalue weighted by molar-refractivity contribution is 5.77. The van der Waals surface area contributed by atoms with Gasteiger partial charge in [0.05, 0.1) is 12.0 Å². The lowest BCUT2D eigenvalue weighted by molar-refractivity contribution is -0.142. The van der Waals surface area contributed by atoms with Crippen molar-refractivity contribution < 1.29 is 14.7 Å². The van der Waals surface area contributed by atoms with Crippen LogP contribution in [0.15, 0.2) is 24.3 Å². The van der Waals surface area contributed by atoms with Gasteiger partial charge in [-0.15, -0.1) is 0 Å². The molecular weight excluding hydrogens is 342 g/mol. The van der Waals surface area contributed by atoms with Gasteiger partial charge in [0.2, 0.25) is 0 Å². The maximum atomic E-state index is 12.4. The molecule has 27 heavy (non-hydrogen) atoms. The fourth-order valence-corrected chi connectivity index (χ4v) is 4.96. The summed E-state index contributed by atoms with van der Waals surface area (Å²) >= 11 is 0. The Morgan fingerprint density at radius 2 is 1.59 bits per heavy atom. The van der Waals surface area contributed by atoms with Crippen molar-refractivity contribution in [2.24, 2.45) is 5.92 Å². The van der Waals surface area contributed by atoms with Crippen LogP contribution in [0.2, 0.25) is 0 Å². The maximum absolute atomic E-state index is 12.4. The maximum Gasteiger partial charge on any atom is 0.318 e. The van der Waals surface area contributed by atoms with E-state index in [9.17, 15) is 9.59 Å². The third-order valence-corrected chi connectivity index (χ3v) is 6.59. The molecule has 2 aliphatic heterocycles. The molecule has 1 aromatic carbocycles. The van der Waals surface area contributed by atoms with Crippen LogP contribution in [0.4, 0.5) is 4.79 Å². The zero-order valence-electron chi connectivity index (χ0n) is 15.7. The van der Waals surface area contributed by atoms with E-state index in [0.29, 0.717) is 18.5 Å². The molecule has 6 heteroatoms. The third kappa shape index (κ3) is 3.81. The quantitative estimate of drug-likeness (QED) is 0.760. The van der Waals surface area contributed by atoms with Crippen molar-refractivity contribution in [2.75, 3.05) is 19.6 Å². The highest BCUT2D eigenvalue weighted by atomic mass is 16.4. The zero-order chi connectivity index (χ0) is 18.8. The second-order valence-corrected chi connectivity index (χ2v) is 8.14. The third-order valence-electron chi connectivity index (χ3n) is 6.59. The number of piperidine rings is 1. The number of rotatable bonds is 4. The molecule has 0 radical (unpaired) electrons. The molecule has 2 heterocycles. The van der Waals surface area contributed by atoms with Crippen molar-refractivity contribution in [3.8, 4) is 0 Å². The lowest BCUT2D eigenvalue weighted by Gasteiger charge is -2.35. The first-order chi connectivity index (χ1) is 13.1. The summed E-state index contributed by atoms with van der Waals surface area (Å²) in [7, 11) is 0. The fraction of sp³-hybridized carbons (Fsp3) is 0.619. The molecule has 3 aliphatic rings. The van der Waals surface area contributed by atoms with E-state index in [2.05, 4.69) is 34.9 Å². The number of carboxylic acids is 1. The SMILES string of the molecule is O=C(O)C1CCC(c2ccc(C3CNC(=O)N3C3CCNCC3)cc2)CC1. The first-order valence-corrected chi connectivity index (χ1v) is 10.2. The van der Waals surface area contributed by atoms with Gasteiger partial charge in [0, 0.05) is 12.6 Å². The van der Waals surface area contributed by atoms with Crippen LogP contribution in [-0.2, 0) is 4.79 Å². The number of urea groups is 1. The standard InChI is InChI=1S/C21H29N3O3/c25-20(26)17-7-3-15(4-8-17)14-1-5-16(6-2-14)19-13-23-21(27)24(19)18-9-11-22-12-10-18/h1-2,5-6,15,17-19,22H,3-4,7-13H2,(H,23,27)(H,25,26). The molecular formula is C21H29N3O3. The number of hydrogen-bond donors (Lipinski definition) is 3. The Morgan fingerprint density at radius 3 is 2.22 bits per heavy atom. The highest BCUT2D eigenvalue weighted by Crippen LogP contribution is 2.37. The van der Waals surface area contributed by atoms with Crippen LogP contribution in [0.25, 0.3) is 0 Å². The van der Waals surface area contributed by atoms with E-state index >= 15 is 0 Å². The van der Waals surface area contributed by atoms with Gasteiger partial charge in [0.1, 0.15) is 0 Å². The lowest BCUT2D eigenvalue weighted by atomic mass is 9.78. The molecule has 1 saturated carbocycles. The summed E-state index contributed by atoms with van der Waals surface area (Å²) < 4.78 is 0. The minimum absolute atomic E-state index is 0.0583. The highest BCUT2D eigenvalue weighted by Gasteiger charge is 2.37. The topological polar surface area (TPSA) is 81.7 Å². The van der Waals surface area contributed by atoms with E-state index in [-0.39, 0.29) is 18.0 Å². The molecule has 3 N–H and O–H groups in total. The number of amides is 2. The van der Waals surface area contributed by atoms with Crippen molar-refractivity contribution >= 4 is 12.0 Å². The number of nitrogens with one attached hydrogen (secondary N) is 2. The van der Waals surface area contributed by atoms with Gasteiger partial charge in [0.25, 0.3) is 0 Å². The molecule has 4 rings (SSSR count). The van der Waals surface area contributed by atoms with E-state index in [0.717, 1.165) is 51.6 Å². The van der Waals surface area contributed by atoms with Gasteiger partial charge in [-0.05, 0) is 68.7 Å². The Kier molecular flexibility index (Phi) is 5.34. The molecule has 1 aromatic rings. The summed E-state index contributed by atoms with van der Waals surface area (Å²) in [5.74, 6) is -0.367. The van der Waals surface area contributed by atoms with E-state index in [1.165, 1.54) is 11.1 Å². The predicted octanol–water partition coefficient (Wildman–Crippen LogP) is 2.86. The largest absolute Gasteiger partial charge is 0.481 e. The normalized spacial score (nSPS) is 29.6. The molecule has 2 amide bonds. The first kappa shape index (κ1) is 18.3. The fourth-order valence-electron chi connectivity index (χ4n) is 4.96. The van der Waals surface area contributed by atoms with Gasteiger partial charge in [-0.1, -0.05) is 24.3 Å². The van der Waals surface area contributed by atoms with E-state index in [1.807, 2.05) is 4.90 Å². The van der Waals surface area contributed by atoms with E-state index < -0.39 is 5.97 Å². The average Bonchev–Trinajstić information content (AvgIpc) is 3.10. The summed E-state index contributed by atoms with van der Waals surface area (Å²) in [4.78, 5) is 25.6. The summed E-state index contributed by atoms with van der Waals surface area (Å²) in [6, 6.07) is 9.18. The molecule has 2 saturated heterocycles. The Balaban J connectivity index is 1.44. The lowest BCUT2D eigenvalue weighted by Crippen LogP contribution is -2.45.